The predicted octanol–water partition coefficient (Wildman–Crippen LogP) is 2.90. The molecule has 0 unspecified atom stereocenters. The minimum Gasteiger partial charge on any atom is -0.379 e. The van der Waals surface area contributed by atoms with Crippen LogP contribution >= 0.6 is 0 Å². The fraction of sp³-hybridized carbons (Fsp3) is 0.381. The largest absolute Gasteiger partial charge is 0.379 e. The Kier molecular flexibility index (Phi) is 4.74. The van der Waals surface area contributed by atoms with Gasteiger partial charge in [0.1, 0.15) is 5.82 Å². The molecule has 2 saturated heterocycles. The summed E-state index contributed by atoms with van der Waals surface area (Å²) in [7, 11) is 2.10. The number of hydrogen-bond donors (Lipinski definition) is 0. The van der Waals surface area contributed by atoms with Crippen molar-refractivity contribution in [3.63, 3.8) is 0 Å². The maximum absolute atomic E-state index is 13.3. The summed E-state index contributed by atoms with van der Waals surface area (Å²) in [5.74, 6) is 0.0903. The number of benzene rings is 2. The second-order valence-electron chi connectivity index (χ2n) is 7.26. The van der Waals surface area contributed by atoms with Gasteiger partial charge in [0.15, 0.2) is 0 Å². The first-order valence-electron chi connectivity index (χ1n) is 9.04. The molecule has 0 saturated carbocycles. The highest BCUT2D eigenvalue weighted by Gasteiger charge is 2.34. The summed E-state index contributed by atoms with van der Waals surface area (Å²) in [6.45, 7) is 3.69. The molecular weight excluding hydrogens is 331 g/mol. The molecule has 2 aromatic rings. The van der Waals surface area contributed by atoms with Gasteiger partial charge in [-0.3, -0.25) is 9.69 Å². The number of halogens is 1. The molecule has 0 N–H and O–H groups in total. The maximum atomic E-state index is 13.3. The molecule has 4 rings (SSSR count). The molecule has 0 aromatic heterocycles. The van der Waals surface area contributed by atoms with Gasteiger partial charge in [-0.15, -0.1) is 0 Å². The van der Waals surface area contributed by atoms with Crippen LogP contribution in [0.3, 0.4) is 0 Å². The first-order chi connectivity index (χ1) is 12.6. The Bertz CT molecular complexity index is 793. The van der Waals surface area contributed by atoms with Crippen molar-refractivity contribution in [1.82, 2.24) is 9.80 Å². The van der Waals surface area contributed by atoms with Gasteiger partial charge in [-0.2, -0.15) is 0 Å². The monoisotopic (exact) mass is 354 g/mol. The van der Waals surface area contributed by atoms with Crippen molar-refractivity contribution < 1.29 is 13.9 Å². The van der Waals surface area contributed by atoms with E-state index in [0.717, 1.165) is 17.7 Å². The van der Waals surface area contributed by atoms with E-state index in [1.54, 1.807) is 12.1 Å². The Morgan fingerprint density at radius 3 is 2.62 bits per heavy atom. The summed E-state index contributed by atoms with van der Waals surface area (Å²) in [4.78, 5) is 17.6. The van der Waals surface area contributed by atoms with E-state index in [0.29, 0.717) is 37.8 Å². The molecule has 2 aliphatic heterocycles. The first kappa shape index (κ1) is 17.2. The zero-order chi connectivity index (χ0) is 18.1. The molecule has 2 heterocycles. The van der Waals surface area contributed by atoms with Crippen molar-refractivity contribution in [3.05, 3.63) is 59.9 Å². The van der Waals surface area contributed by atoms with Gasteiger partial charge in [0, 0.05) is 31.1 Å². The van der Waals surface area contributed by atoms with E-state index in [9.17, 15) is 9.18 Å². The molecule has 2 fully saturated rings. The van der Waals surface area contributed by atoms with Gasteiger partial charge in [-0.25, -0.2) is 4.39 Å². The Labute approximate surface area is 153 Å². The highest BCUT2D eigenvalue weighted by atomic mass is 19.1. The van der Waals surface area contributed by atoms with Crippen LogP contribution < -0.4 is 0 Å². The van der Waals surface area contributed by atoms with Crippen LogP contribution in [0.1, 0.15) is 10.4 Å². The number of hydrogen-bond acceptors (Lipinski definition) is 3. The average molecular weight is 354 g/mol. The predicted molar refractivity (Wildman–Crippen MR) is 98.5 cm³/mol. The standard InChI is InChI=1S/C21H23FN2O2/c1-23-10-15-11-24(12-18(23)14-26-13-15)21(25)20-5-3-2-4-19(20)16-6-8-17(22)9-7-16/h2-9,15,18H,10-14H2,1H3/t15-,18+/m1/s1. The van der Waals surface area contributed by atoms with Gasteiger partial charge in [-0.1, -0.05) is 30.3 Å². The van der Waals surface area contributed by atoms with Crippen molar-refractivity contribution in [2.24, 2.45) is 5.92 Å². The van der Waals surface area contributed by atoms with Crippen LogP contribution in [0.5, 0.6) is 0 Å². The molecule has 5 heteroatoms. The fourth-order valence-electron chi connectivity index (χ4n) is 3.94. The number of carbonyl (C=O) groups excluding carboxylic acids is 1. The van der Waals surface area contributed by atoms with Gasteiger partial charge < -0.3 is 9.64 Å². The third-order valence-corrected chi connectivity index (χ3v) is 5.34. The molecule has 26 heavy (non-hydrogen) atoms. The van der Waals surface area contributed by atoms with Crippen LogP contribution in [0.4, 0.5) is 4.39 Å². The highest BCUT2D eigenvalue weighted by Crippen LogP contribution is 2.27. The van der Waals surface area contributed by atoms with Crippen molar-refractivity contribution in [2.45, 2.75) is 6.04 Å². The topological polar surface area (TPSA) is 32.8 Å². The van der Waals surface area contributed by atoms with Gasteiger partial charge >= 0.3 is 0 Å². The Hall–Kier alpha value is -2.24. The third kappa shape index (κ3) is 3.37. The lowest BCUT2D eigenvalue weighted by Crippen LogP contribution is -2.44. The Morgan fingerprint density at radius 2 is 1.81 bits per heavy atom. The molecule has 136 valence electrons. The van der Waals surface area contributed by atoms with Gasteiger partial charge in [0.25, 0.3) is 5.91 Å². The summed E-state index contributed by atoms with van der Waals surface area (Å²) < 4.78 is 19.0. The molecular formula is C21H23FN2O2. The van der Waals surface area contributed by atoms with Crippen LogP contribution in [0.15, 0.2) is 48.5 Å². The number of nitrogens with zero attached hydrogens (tertiary/aromatic N) is 2. The number of likely N-dealkylation sites (N-methyl/N-ethyl adjacent to an activating group) is 1. The fourth-order valence-corrected chi connectivity index (χ4v) is 3.94. The lowest BCUT2D eigenvalue weighted by molar-refractivity contribution is 0.0434. The third-order valence-electron chi connectivity index (χ3n) is 5.34. The minimum absolute atomic E-state index is 0.0390. The first-order valence-corrected chi connectivity index (χ1v) is 9.04. The number of ether oxygens (including phenoxy) is 1. The van der Waals surface area contributed by atoms with E-state index in [4.69, 9.17) is 4.74 Å². The number of fused-ring (bicyclic) bond motifs is 3. The summed E-state index contributed by atoms with van der Waals surface area (Å²) in [5, 5.41) is 0. The van der Waals surface area contributed by atoms with Gasteiger partial charge in [0.2, 0.25) is 0 Å². The highest BCUT2D eigenvalue weighted by molar-refractivity contribution is 6.01. The molecule has 0 spiro atoms. The molecule has 0 aliphatic carbocycles. The summed E-state index contributed by atoms with van der Waals surface area (Å²) in [6, 6.07) is 14.1. The number of rotatable bonds is 2. The average Bonchev–Trinajstić information content (AvgIpc) is 2.90. The van der Waals surface area contributed by atoms with E-state index < -0.39 is 0 Å². The molecule has 1 amide bonds. The quantitative estimate of drug-likeness (QED) is 0.831. The normalized spacial score (nSPS) is 23.5. The summed E-state index contributed by atoms with van der Waals surface area (Å²) >= 11 is 0. The Balaban J connectivity index is 1.65. The van der Waals surface area contributed by atoms with E-state index in [2.05, 4.69) is 11.9 Å². The van der Waals surface area contributed by atoms with E-state index in [1.165, 1.54) is 12.1 Å². The van der Waals surface area contributed by atoms with E-state index in [1.807, 2.05) is 29.2 Å². The lowest BCUT2D eigenvalue weighted by atomic mass is 9.98. The zero-order valence-corrected chi connectivity index (χ0v) is 14.9. The maximum Gasteiger partial charge on any atom is 0.254 e. The van der Waals surface area contributed by atoms with E-state index >= 15 is 0 Å². The van der Waals surface area contributed by atoms with Crippen LogP contribution in [-0.4, -0.2) is 61.6 Å². The van der Waals surface area contributed by atoms with Gasteiger partial charge in [-0.05, 0) is 36.4 Å². The Morgan fingerprint density at radius 1 is 1.04 bits per heavy atom. The van der Waals surface area contributed by atoms with Crippen molar-refractivity contribution in [1.29, 1.82) is 0 Å². The second kappa shape index (κ2) is 7.17. The SMILES string of the molecule is CN1C[C@H]2COC[C@@H]1CN(C(=O)c1ccccc1-c1ccc(F)cc1)C2. The van der Waals surface area contributed by atoms with Crippen molar-refractivity contribution in [3.8, 4) is 11.1 Å². The lowest BCUT2D eigenvalue weighted by Gasteiger charge is -2.30. The number of carbonyl (C=O) groups is 1. The summed E-state index contributed by atoms with van der Waals surface area (Å²) in [5.41, 5.74) is 2.37. The van der Waals surface area contributed by atoms with Crippen LogP contribution in [0.25, 0.3) is 11.1 Å². The minimum atomic E-state index is -0.277. The van der Waals surface area contributed by atoms with Crippen molar-refractivity contribution in [2.75, 3.05) is 39.9 Å². The molecule has 4 nitrogen and oxygen atoms in total. The van der Waals surface area contributed by atoms with E-state index in [-0.39, 0.29) is 17.8 Å². The molecule has 0 radical (unpaired) electrons. The smallest absolute Gasteiger partial charge is 0.254 e. The van der Waals surface area contributed by atoms with Crippen LogP contribution in [0.2, 0.25) is 0 Å². The molecule has 2 atom stereocenters. The molecule has 2 bridgehead atoms. The molecule has 2 aromatic carbocycles. The summed E-state index contributed by atoms with van der Waals surface area (Å²) in [6.07, 6.45) is 0. The van der Waals surface area contributed by atoms with Crippen molar-refractivity contribution >= 4 is 5.91 Å². The van der Waals surface area contributed by atoms with Crippen LogP contribution in [-0.2, 0) is 4.74 Å². The number of amides is 1. The molecule has 2 aliphatic rings. The van der Waals surface area contributed by atoms with Crippen LogP contribution in [0, 0.1) is 11.7 Å². The second-order valence-corrected chi connectivity index (χ2v) is 7.26. The zero-order valence-electron chi connectivity index (χ0n) is 14.9. The van der Waals surface area contributed by atoms with Gasteiger partial charge in [0.05, 0.1) is 19.3 Å².